The van der Waals surface area contributed by atoms with Crippen LogP contribution in [0.15, 0.2) is 0 Å². The molecule has 0 aromatic heterocycles. The Hall–Kier alpha value is -1.06. The van der Waals surface area contributed by atoms with Gasteiger partial charge in [-0.2, -0.15) is 0 Å². The summed E-state index contributed by atoms with van der Waals surface area (Å²) in [4.78, 5) is 22.9. The number of carbonyl (C=O) groups is 2. The van der Waals surface area contributed by atoms with Gasteiger partial charge in [0, 0.05) is 11.5 Å². The Bertz CT molecular complexity index is 305. The van der Waals surface area contributed by atoms with Crippen LogP contribution in [0.3, 0.4) is 0 Å². The summed E-state index contributed by atoms with van der Waals surface area (Å²) in [6.45, 7) is 1.97. The number of hydrogen-bond acceptors (Lipinski definition) is 3. The molecule has 1 atom stereocenters. The zero-order valence-electron chi connectivity index (χ0n) is 9.91. The van der Waals surface area contributed by atoms with Gasteiger partial charge in [0.1, 0.15) is 0 Å². The summed E-state index contributed by atoms with van der Waals surface area (Å²) in [5.41, 5.74) is -0.0268. The molecule has 1 unspecified atom stereocenters. The fraction of sp³-hybridized carbons (Fsp3) is 0.833. The molecule has 0 radical (unpaired) electrons. The Morgan fingerprint density at radius 2 is 2.06 bits per heavy atom. The van der Waals surface area contributed by atoms with E-state index in [4.69, 9.17) is 4.74 Å². The lowest BCUT2D eigenvalue weighted by molar-refractivity contribution is -0.147. The van der Waals surface area contributed by atoms with Crippen molar-refractivity contribution < 1.29 is 14.3 Å². The molecule has 1 aliphatic heterocycles. The van der Waals surface area contributed by atoms with Gasteiger partial charge >= 0.3 is 5.97 Å². The van der Waals surface area contributed by atoms with Crippen LogP contribution in [-0.4, -0.2) is 24.5 Å². The first-order chi connectivity index (χ1) is 7.56. The predicted molar refractivity (Wildman–Crippen MR) is 58.6 cm³/mol. The van der Waals surface area contributed by atoms with E-state index in [0.29, 0.717) is 0 Å². The van der Waals surface area contributed by atoms with Crippen LogP contribution >= 0.6 is 0 Å². The molecule has 0 aromatic carbocycles. The van der Waals surface area contributed by atoms with Gasteiger partial charge in [0.05, 0.1) is 13.0 Å². The normalized spacial score (nSPS) is 38.5. The minimum absolute atomic E-state index is 0.0268. The topological polar surface area (TPSA) is 55.4 Å². The van der Waals surface area contributed by atoms with E-state index >= 15 is 0 Å². The molecule has 1 amide bonds. The van der Waals surface area contributed by atoms with Crippen molar-refractivity contribution in [2.45, 2.75) is 44.6 Å². The van der Waals surface area contributed by atoms with Crippen molar-refractivity contribution in [1.82, 2.24) is 5.32 Å². The number of rotatable bonds is 1. The molecular weight excluding hydrogens is 206 g/mol. The number of esters is 1. The average Bonchev–Trinajstić information content (AvgIpc) is 2.54. The lowest BCUT2D eigenvalue weighted by Gasteiger charge is -2.36. The Morgan fingerprint density at radius 3 is 2.50 bits per heavy atom. The second kappa shape index (κ2) is 4.07. The molecule has 1 aliphatic carbocycles. The van der Waals surface area contributed by atoms with Crippen molar-refractivity contribution in [3.05, 3.63) is 0 Å². The summed E-state index contributed by atoms with van der Waals surface area (Å²) < 4.78 is 4.76. The van der Waals surface area contributed by atoms with Crippen molar-refractivity contribution in [1.29, 1.82) is 0 Å². The molecule has 0 bridgehead atoms. The zero-order valence-corrected chi connectivity index (χ0v) is 9.91. The van der Waals surface area contributed by atoms with Crippen molar-refractivity contribution in [3.8, 4) is 0 Å². The monoisotopic (exact) mass is 225 g/mol. The SMILES string of the molecule is COC(=O)[C@H]1CC[C@]2(CC1)CC(C)C(=O)N2. The summed E-state index contributed by atoms with van der Waals surface area (Å²) in [5.74, 6) is 0.210. The molecule has 2 fully saturated rings. The van der Waals surface area contributed by atoms with E-state index in [9.17, 15) is 9.59 Å². The Balaban J connectivity index is 1.95. The van der Waals surface area contributed by atoms with Crippen molar-refractivity contribution in [2.24, 2.45) is 11.8 Å². The first-order valence-corrected chi connectivity index (χ1v) is 5.96. The van der Waals surface area contributed by atoms with E-state index in [-0.39, 0.29) is 29.3 Å². The van der Waals surface area contributed by atoms with Crippen LogP contribution in [0, 0.1) is 11.8 Å². The van der Waals surface area contributed by atoms with Crippen LogP contribution in [0.25, 0.3) is 0 Å². The van der Waals surface area contributed by atoms with Gasteiger partial charge in [-0.05, 0) is 32.1 Å². The molecule has 1 heterocycles. The molecule has 1 saturated heterocycles. The molecule has 2 aliphatic rings. The molecule has 1 saturated carbocycles. The van der Waals surface area contributed by atoms with Crippen molar-refractivity contribution >= 4 is 11.9 Å². The van der Waals surface area contributed by atoms with Gasteiger partial charge in [-0.3, -0.25) is 9.59 Å². The number of ether oxygens (including phenoxy) is 1. The molecule has 16 heavy (non-hydrogen) atoms. The van der Waals surface area contributed by atoms with E-state index in [1.807, 2.05) is 6.92 Å². The lowest BCUT2D eigenvalue weighted by Crippen LogP contribution is -2.45. The predicted octanol–water partition coefficient (Wildman–Crippen LogP) is 1.24. The van der Waals surface area contributed by atoms with Crippen LogP contribution in [0.5, 0.6) is 0 Å². The van der Waals surface area contributed by atoms with E-state index < -0.39 is 0 Å². The number of amides is 1. The summed E-state index contributed by atoms with van der Waals surface area (Å²) in [6.07, 6.45) is 4.39. The number of methoxy groups -OCH3 is 1. The number of hydrogen-bond donors (Lipinski definition) is 1. The van der Waals surface area contributed by atoms with Gasteiger partial charge in [0.2, 0.25) is 5.91 Å². The third-order valence-corrected chi connectivity index (χ3v) is 4.01. The van der Waals surface area contributed by atoms with Gasteiger partial charge in [0.25, 0.3) is 0 Å². The maximum Gasteiger partial charge on any atom is 0.308 e. The third-order valence-electron chi connectivity index (χ3n) is 4.01. The summed E-state index contributed by atoms with van der Waals surface area (Å²) in [6, 6.07) is 0. The summed E-state index contributed by atoms with van der Waals surface area (Å²) in [5, 5.41) is 3.11. The molecule has 1 N–H and O–H groups in total. The first kappa shape index (κ1) is 11.4. The highest BCUT2D eigenvalue weighted by molar-refractivity contribution is 5.82. The average molecular weight is 225 g/mol. The van der Waals surface area contributed by atoms with Crippen LogP contribution < -0.4 is 5.32 Å². The Morgan fingerprint density at radius 1 is 1.44 bits per heavy atom. The van der Waals surface area contributed by atoms with E-state index in [1.165, 1.54) is 7.11 Å². The molecule has 4 nitrogen and oxygen atoms in total. The third kappa shape index (κ3) is 1.93. The van der Waals surface area contributed by atoms with Gasteiger partial charge in [-0.1, -0.05) is 6.92 Å². The highest BCUT2D eigenvalue weighted by Crippen LogP contribution is 2.40. The summed E-state index contributed by atoms with van der Waals surface area (Å²) >= 11 is 0. The molecule has 2 rings (SSSR count). The maximum absolute atomic E-state index is 11.5. The Kier molecular flexibility index (Phi) is 2.91. The van der Waals surface area contributed by atoms with Crippen LogP contribution in [0.1, 0.15) is 39.0 Å². The molecule has 90 valence electrons. The van der Waals surface area contributed by atoms with Gasteiger partial charge < -0.3 is 10.1 Å². The van der Waals surface area contributed by atoms with Crippen LogP contribution in [-0.2, 0) is 14.3 Å². The van der Waals surface area contributed by atoms with E-state index in [0.717, 1.165) is 32.1 Å². The van der Waals surface area contributed by atoms with Crippen LogP contribution in [0.2, 0.25) is 0 Å². The lowest BCUT2D eigenvalue weighted by atomic mass is 9.75. The molecule has 0 aromatic rings. The maximum atomic E-state index is 11.5. The zero-order chi connectivity index (χ0) is 11.8. The van der Waals surface area contributed by atoms with E-state index in [1.54, 1.807) is 0 Å². The van der Waals surface area contributed by atoms with Crippen LogP contribution in [0.4, 0.5) is 0 Å². The highest BCUT2D eigenvalue weighted by atomic mass is 16.5. The van der Waals surface area contributed by atoms with Gasteiger partial charge in [-0.25, -0.2) is 0 Å². The van der Waals surface area contributed by atoms with E-state index in [2.05, 4.69) is 5.32 Å². The smallest absolute Gasteiger partial charge is 0.308 e. The van der Waals surface area contributed by atoms with Gasteiger partial charge in [0.15, 0.2) is 0 Å². The van der Waals surface area contributed by atoms with Gasteiger partial charge in [-0.15, -0.1) is 0 Å². The second-order valence-corrected chi connectivity index (χ2v) is 5.17. The standard InChI is InChI=1S/C12H19NO3/c1-8-7-12(13-10(8)14)5-3-9(4-6-12)11(15)16-2/h8-9H,3-7H2,1-2H3,(H,13,14)/t8?,9-,12-. The number of nitrogens with one attached hydrogen (secondary N) is 1. The summed E-state index contributed by atoms with van der Waals surface area (Å²) in [7, 11) is 1.44. The van der Waals surface area contributed by atoms with Crippen molar-refractivity contribution in [3.63, 3.8) is 0 Å². The quantitative estimate of drug-likeness (QED) is 0.683. The minimum Gasteiger partial charge on any atom is -0.469 e. The Labute approximate surface area is 95.7 Å². The second-order valence-electron chi connectivity index (χ2n) is 5.17. The van der Waals surface area contributed by atoms with Crippen molar-refractivity contribution in [2.75, 3.05) is 7.11 Å². The molecule has 1 spiro atoms. The number of carbonyl (C=O) groups excluding carboxylic acids is 2. The first-order valence-electron chi connectivity index (χ1n) is 5.96. The molecule has 4 heteroatoms. The highest BCUT2D eigenvalue weighted by Gasteiger charge is 2.45. The molecular formula is C12H19NO3. The fourth-order valence-electron chi connectivity index (χ4n) is 3.02. The fourth-order valence-corrected chi connectivity index (χ4v) is 3.02. The minimum atomic E-state index is -0.104. The largest absolute Gasteiger partial charge is 0.469 e.